The van der Waals surface area contributed by atoms with Gasteiger partial charge in [0.1, 0.15) is 0 Å². The fraction of sp³-hybridized carbons (Fsp3) is 0.294. The molecule has 1 fully saturated rings. The number of hydrogen-bond acceptors (Lipinski definition) is 3. The van der Waals surface area contributed by atoms with Gasteiger partial charge in [0.2, 0.25) is 0 Å². The summed E-state index contributed by atoms with van der Waals surface area (Å²) in [7, 11) is 0. The number of piperidine rings is 1. The van der Waals surface area contributed by atoms with Crippen molar-refractivity contribution < 1.29 is 14.7 Å². The van der Waals surface area contributed by atoms with E-state index in [0.717, 1.165) is 9.35 Å². The van der Waals surface area contributed by atoms with E-state index in [1.54, 1.807) is 4.90 Å². The van der Waals surface area contributed by atoms with E-state index in [4.69, 9.17) is 0 Å². The number of carbonyl (C=O) groups excluding carboxylic acids is 1. The Labute approximate surface area is 146 Å². The van der Waals surface area contributed by atoms with Crippen molar-refractivity contribution >= 4 is 39.1 Å². The minimum absolute atomic E-state index is 0.0287. The maximum absolute atomic E-state index is 12.5. The molecule has 23 heavy (non-hydrogen) atoms. The lowest BCUT2D eigenvalue weighted by Crippen LogP contribution is -2.49. The molecular formula is C17H16BrNO3S. The van der Waals surface area contributed by atoms with Gasteiger partial charge in [-0.3, -0.25) is 9.59 Å². The van der Waals surface area contributed by atoms with Gasteiger partial charge in [0.25, 0.3) is 5.91 Å². The third-order valence-corrected chi connectivity index (χ3v) is 5.96. The summed E-state index contributed by atoms with van der Waals surface area (Å²) in [5.41, 5.74) is 0.579. The van der Waals surface area contributed by atoms with Crippen LogP contribution >= 0.6 is 27.3 Å². The third-order valence-electron chi connectivity index (χ3n) is 4.45. The van der Waals surface area contributed by atoms with Gasteiger partial charge in [0.15, 0.2) is 0 Å². The highest BCUT2D eigenvalue weighted by atomic mass is 79.9. The van der Waals surface area contributed by atoms with Crippen LogP contribution in [-0.2, 0) is 10.2 Å². The van der Waals surface area contributed by atoms with Gasteiger partial charge in [-0.05, 0) is 40.4 Å². The molecule has 120 valence electrons. The van der Waals surface area contributed by atoms with Gasteiger partial charge in [-0.2, -0.15) is 0 Å². The molecule has 1 aliphatic heterocycles. The van der Waals surface area contributed by atoms with Gasteiger partial charge in [0.05, 0.1) is 14.8 Å². The first-order chi connectivity index (χ1) is 11.0. The second-order valence-corrected chi connectivity index (χ2v) is 7.98. The second kappa shape index (κ2) is 6.45. The number of amides is 1. The largest absolute Gasteiger partial charge is 0.481 e. The van der Waals surface area contributed by atoms with Gasteiger partial charge in [-0.1, -0.05) is 30.3 Å². The summed E-state index contributed by atoms with van der Waals surface area (Å²) in [5.74, 6) is -0.840. The zero-order chi connectivity index (χ0) is 16.4. The van der Waals surface area contributed by atoms with E-state index >= 15 is 0 Å². The molecule has 2 heterocycles. The molecule has 1 saturated heterocycles. The lowest BCUT2D eigenvalue weighted by Gasteiger charge is -2.39. The van der Waals surface area contributed by atoms with E-state index in [9.17, 15) is 14.7 Å². The standard InChI is InChI=1S/C17H16BrNO3S/c18-14-10-12(11-23-14)15(20)19-8-6-17(7-9-19,16(21)22)13-4-2-1-3-5-13/h1-5,10-11H,6-9H2,(H,21,22). The van der Waals surface area contributed by atoms with Gasteiger partial charge in [-0.25, -0.2) is 0 Å². The summed E-state index contributed by atoms with van der Waals surface area (Å²) in [6, 6.07) is 11.1. The van der Waals surface area contributed by atoms with Crippen molar-refractivity contribution in [2.75, 3.05) is 13.1 Å². The number of thiophene rings is 1. The number of hydrogen-bond donors (Lipinski definition) is 1. The van der Waals surface area contributed by atoms with Crippen LogP contribution in [0.5, 0.6) is 0 Å². The van der Waals surface area contributed by atoms with E-state index in [-0.39, 0.29) is 5.91 Å². The van der Waals surface area contributed by atoms with E-state index in [1.165, 1.54) is 11.3 Å². The van der Waals surface area contributed by atoms with E-state index in [1.807, 2.05) is 41.8 Å². The summed E-state index contributed by atoms with van der Waals surface area (Å²) in [5, 5.41) is 11.6. The van der Waals surface area contributed by atoms with Crippen molar-refractivity contribution in [2.45, 2.75) is 18.3 Å². The lowest BCUT2D eigenvalue weighted by molar-refractivity contribution is -0.145. The fourth-order valence-corrected chi connectivity index (χ4v) is 4.21. The molecule has 0 bridgehead atoms. The van der Waals surface area contributed by atoms with Crippen molar-refractivity contribution in [3.05, 3.63) is 56.7 Å². The summed E-state index contributed by atoms with van der Waals surface area (Å²) in [6.45, 7) is 0.904. The molecule has 1 aliphatic rings. The number of carboxylic acids is 1. The van der Waals surface area contributed by atoms with Crippen LogP contribution in [0, 0.1) is 0 Å². The fourth-order valence-electron chi connectivity index (χ4n) is 3.08. The Morgan fingerprint density at radius 1 is 1.17 bits per heavy atom. The molecule has 1 amide bonds. The number of aliphatic carboxylic acids is 1. The zero-order valence-electron chi connectivity index (χ0n) is 12.4. The number of halogens is 1. The summed E-state index contributed by atoms with van der Waals surface area (Å²) in [6.07, 6.45) is 0.868. The van der Waals surface area contributed by atoms with Crippen LogP contribution in [0.4, 0.5) is 0 Å². The number of rotatable bonds is 3. The Morgan fingerprint density at radius 3 is 2.35 bits per heavy atom. The van der Waals surface area contributed by atoms with Crippen LogP contribution in [0.15, 0.2) is 45.6 Å². The molecule has 2 aromatic rings. The summed E-state index contributed by atoms with van der Waals surface area (Å²) >= 11 is 4.84. The minimum atomic E-state index is -0.896. The molecule has 1 aromatic carbocycles. The van der Waals surface area contributed by atoms with Crippen molar-refractivity contribution in [1.82, 2.24) is 4.90 Å². The van der Waals surface area contributed by atoms with Gasteiger partial charge >= 0.3 is 5.97 Å². The van der Waals surface area contributed by atoms with Crippen LogP contribution in [0.25, 0.3) is 0 Å². The molecular weight excluding hydrogens is 378 g/mol. The van der Waals surface area contributed by atoms with Crippen molar-refractivity contribution in [2.24, 2.45) is 0 Å². The number of carboxylic acid groups (broad SMARTS) is 1. The van der Waals surface area contributed by atoms with Gasteiger partial charge in [0, 0.05) is 18.5 Å². The maximum atomic E-state index is 12.5. The lowest BCUT2D eigenvalue weighted by atomic mass is 9.73. The van der Waals surface area contributed by atoms with E-state index < -0.39 is 11.4 Å². The van der Waals surface area contributed by atoms with Crippen LogP contribution in [0.1, 0.15) is 28.8 Å². The molecule has 4 nitrogen and oxygen atoms in total. The van der Waals surface area contributed by atoms with E-state index in [2.05, 4.69) is 15.9 Å². The first-order valence-electron chi connectivity index (χ1n) is 7.35. The number of benzene rings is 1. The number of carbonyl (C=O) groups is 2. The highest BCUT2D eigenvalue weighted by Gasteiger charge is 2.43. The molecule has 0 saturated carbocycles. The minimum Gasteiger partial charge on any atom is -0.481 e. The average Bonchev–Trinajstić information content (AvgIpc) is 3.01. The predicted molar refractivity (Wildman–Crippen MR) is 92.9 cm³/mol. The average molecular weight is 394 g/mol. The Morgan fingerprint density at radius 2 is 1.83 bits per heavy atom. The molecule has 0 aliphatic carbocycles. The Bertz CT molecular complexity index is 720. The van der Waals surface area contributed by atoms with Gasteiger partial charge < -0.3 is 10.0 Å². The highest BCUT2D eigenvalue weighted by molar-refractivity contribution is 9.11. The zero-order valence-corrected chi connectivity index (χ0v) is 14.8. The Kier molecular flexibility index (Phi) is 4.55. The molecule has 0 radical (unpaired) electrons. The Balaban J connectivity index is 1.78. The molecule has 0 spiro atoms. The van der Waals surface area contributed by atoms with Crippen LogP contribution in [0.2, 0.25) is 0 Å². The monoisotopic (exact) mass is 393 g/mol. The second-order valence-electron chi connectivity index (χ2n) is 5.68. The molecule has 0 atom stereocenters. The topological polar surface area (TPSA) is 57.6 Å². The molecule has 6 heteroatoms. The first-order valence-corrected chi connectivity index (χ1v) is 9.02. The number of likely N-dealkylation sites (tertiary alicyclic amines) is 1. The Hall–Kier alpha value is -1.66. The van der Waals surface area contributed by atoms with Gasteiger partial charge in [-0.15, -0.1) is 11.3 Å². The predicted octanol–water partition coefficient (Wildman–Crippen LogP) is 3.77. The van der Waals surface area contributed by atoms with Crippen molar-refractivity contribution in [3.63, 3.8) is 0 Å². The quantitative estimate of drug-likeness (QED) is 0.863. The molecule has 0 unspecified atom stereocenters. The normalized spacial score (nSPS) is 17.0. The first kappa shape index (κ1) is 16.2. The smallest absolute Gasteiger partial charge is 0.314 e. The van der Waals surface area contributed by atoms with E-state index in [0.29, 0.717) is 31.5 Å². The van der Waals surface area contributed by atoms with Crippen LogP contribution in [0.3, 0.4) is 0 Å². The summed E-state index contributed by atoms with van der Waals surface area (Å²) in [4.78, 5) is 26.2. The molecule has 1 N–H and O–H groups in total. The number of nitrogens with zero attached hydrogens (tertiary/aromatic N) is 1. The van der Waals surface area contributed by atoms with Crippen LogP contribution < -0.4 is 0 Å². The summed E-state index contributed by atoms with van der Waals surface area (Å²) < 4.78 is 0.919. The third kappa shape index (κ3) is 3.05. The van der Waals surface area contributed by atoms with Crippen molar-refractivity contribution in [1.29, 1.82) is 0 Å². The SMILES string of the molecule is O=C(c1csc(Br)c1)N1CCC(C(=O)O)(c2ccccc2)CC1. The molecule has 1 aromatic heterocycles. The van der Waals surface area contributed by atoms with Crippen molar-refractivity contribution in [3.8, 4) is 0 Å². The van der Waals surface area contributed by atoms with Crippen LogP contribution in [-0.4, -0.2) is 35.0 Å². The molecule has 3 rings (SSSR count). The highest BCUT2D eigenvalue weighted by Crippen LogP contribution is 2.36. The maximum Gasteiger partial charge on any atom is 0.314 e.